The molecule has 8 heteroatoms. The van der Waals surface area contributed by atoms with Gasteiger partial charge < -0.3 is 15.2 Å². The topological polar surface area (TPSA) is 75.6 Å². The molecule has 144 valence electrons. The van der Waals surface area contributed by atoms with Crippen molar-refractivity contribution in [1.29, 1.82) is 0 Å². The lowest BCUT2D eigenvalue weighted by Crippen LogP contribution is -2.17. The number of rotatable bonds is 7. The maximum atomic E-state index is 11.8. The molecule has 0 bridgehead atoms. The minimum atomic E-state index is -1.02. The van der Waals surface area contributed by atoms with Crippen molar-refractivity contribution in [3.63, 3.8) is 0 Å². The lowest BCUT2D eigenvalue weighted by molar-refractivity contribution is -0.138. The van der Waals surface area contributed by atoms with Crippen molar-refractivity contribution in [1.82, 2.24) is 0 Å². The molecule has 0 aliphatic heterocycles. The number of halogens is 3. The van der Waals surface area contributed by atoms with Gasteiger partial charge in [0.15, 0.2) is 0 Å². The molecule has 2 N–H and O–H groups in total. The first kappa shape index (κ1) is 21.5. The molecule has 1 unspecified atom stereocenters. The summed E-state index contributed by atoms with van der Waals surface area (Å²) in [5.41, 5.74) is 1.14. The fraction of sp³-hybridized carbons (Fsp3) is 0.263. The zero-order valence-electron chi connectivity index (χ0n) is 14.6. The van der Waals surface area contributed by atoms with Gasteiger partial charge in [-0.1, -0.05) is 31.5 Å². The molecule has 2 aromatic rings. The van der Waals surface area contributed by atoms with Gasteiger partial charge in [0.25, 0.3) is 0 Å². The van der Waals surface area contributed by atoms with Crippen molar-refractivity contribution in [2.24, 2.45) is 5.92 Å². The summed E-state index contributed by atoms with van der Waals surface area (Å²) in [5, 5.41) is 12.3. The van der Waals surface area contributed by atoms with Crippen LogP contribution in [0.5, 0.6) is 11.5 Å². The van der Waals surface area contributed by atoms with Crippen molar-refractivity contribution in [3.8, 4) is 11.5 Å². The highest BCUT2D eigenvalue weighted by atomic mass is 79.9. The molecular weight excluding hydrogens is 457 g/mol. The third kappa shape index (κ3) is 5.61. The van der Waals surface area contributed by atoms with Crippen LogP contribution < -0.4 is 10.1 Å². The highest BCUT2D eigenvalue weighted by Crippen LogP contribution is 2.35. The summed E-state index contributed by atoms with van der Waals surface area (Å²) in [6, 6.07) is 9.88. The summed E-state index contributed by atoms with van der Waals surface area (Å²) in [4.78, 5) is 23.0. The summed E-state index contributed by atoms with van der Waals surface area (Å²) in [5.74, 6) is -1.24. The molecule has 1 atom stereocenters. The van der Waals surface area contributed by atoms with Crippen molar-refractivity contribution in [2.75, 3.05) is 11.2 Å². The molecule has 0 saturated carbocycles. The molecule has 2 aromatic carbocycles. The molecular formula is C19H18BrCl2NO4. The van der Waals surface area contributed by atoms with Crippen LogP contribution >= 0.6 is 39.1 Å². The number of hydrogen-bond acceptors (Lipinski definition) is 3. The molecule has 2 rings (SSSR count). The van der Waals surface area contributed by atoms with Crippen LogP contribution in [0.2, 0.25) is 5.02 Å². The zero-order chi connectivity index (χ0) is 20.1. The van der Waals surface area contributed by atoms with Crippen LogP contribution in [0.3, 0.4) is 0 Å². The number of amides is 1. The Morgan fingerprint density at radius 3 is 2.44 bits per heavy atom. The summed E-state index contributed by atoms with van der Waals surface area (Å²) in [6.45, 7) is 3.62. The largest absolute Gasteiger partial charge is 0.481 e. The number of ether oxygens (including phenoxy) is 1. The Hall–Kier alpha value is -1.76. The number of anilines is 1. The maximum absolute atomic E-state index is 11.8. The highest BCUT2D eigenvalue weighted by molar-refractivity contribution is 9.10. The molecule has 0 aromatic heterocycles. The number of carbonyl (C=O) groups is 2. The highest BCUT2D eigenvalue weighted by Gasteiger charge is 2.20. The van der Waals surface area contributed by atoms with Gasteiger partial charge in [0, 0.05) is 16.3 Å². The van der Waals surface area contributed by atoms with E-state index in [-0.39, 0.29) is 22.7 Å². The number of carbonyl (C=O) groups excluding carboxylic acids is 1. The standard InChI is InChI=1S/C19H18BrCl2NO4/c1-10(2)18(24)23-16-5-4-12(8-14(16)20)27-17-6-3-11(7-15(17)22)13(9-21)19(25)26/h3-8,10,13H,9H2,1-2H3,(H,23,24)(H,25,26). The van der Waals surface area contributed by atoms with Gasteiger partial charge in [-0.2, -0.15) is 0 Å². The molecule has 0 heterocycles. The van der Waals surface area contributed by atoms with E-state index >= 15 is 0 Å². The maximum Gasteiger partial charge on any atom is 0.312 e. The van der Waals surface area contributed by atoms with Gasteiger partial charge in [-0.25, -0.2) is 0 Å². The summed E-state index contributed by atoms with van der Waals surface area (Å²) in [6.07, 6.45) is 0. The third-order valence-electron chi connectivity index (χ3n) is 3.76. The van der Waals surface area contributed by atoms with E-state index in [0.29, 0.717) is 27.2 Å². The van der Waals surface area contributed by atoms with Gasteiger partial charge in [-0.3, -0.25) is 9.59 Å². The number of carboxylic acid groups (broad SMARTS) is 1. The van der Waals surface area contributed by atoms with Crippen LogP contribution in [-0.4, -0.2) is 22.9 Å². The van der Waals surface area contributed by atoms with Gasteiger partial charge in [-0.05, 0) is 51.8 Å². The summed E-state index contributed by atoms with van der Waals surface area (Å²) in [7, 11) is 0. The van der Waals surface area contributed by atoms with Gasteiger partial charge in [0.05, 0.1) is 16.6 Å². The van der Waals surface area contributed by atoms with Crippen LogP contribution in [-0.2, 0) is 9.59 Å². The van der Waals surface area contributed by atoms with Crippen molar-refractivity contribution >= 4 is 56.7 Å². The summed E-state index contributed by atoms with van der Waals surface area (Å²) < 4.78 is 6.43. The third-order valence-corrected chi connectivity index (χ3v) is 5.02. The number of nitrogens with one attached hydrogen (secondary N) is 1. The molecule has 0 aliphatic carbocycles. The molecule has 0 saturated heterocycles. The Morgan fingerprint density at radius 1 is 1.22 bits per heavy atom. The molecule has 1 amide bonds. The Kier molecular flexibility index (Phi) is 7.53. The molecule has 0 spiro atoms. The van der Waals surface area contributed by atoms with Crippen LogP contribution in [0.15, 0.2) is 40.9 Å². The van der Waals surface area contributed by atoms with Crippen LogP contribution in [0.1, 0.15) is 25.3 Å². The minimum absolute atomic E-state index is 0.0532. The van der Waals surface area contributed by atoms with E-state index in [9.17, 15) is 14.7 Å². The van der Waals surface area contributed by atoms with Crippen molar-refractivity contribution in [2.45, 2.75) is 19.8 Å². The number of carboxylic acids is 1. The lowest BCUT2D eigenvalue weighted by Gasteiger charge is -2.14. The second-order valence-corrected chi connectivity index (χ2v) is 7.69. The van der Waals surface area contributed by atoms with E-state index in [0.717, 1.165) is 0 Å². The summed E-state index contributed by atoms with van der Waals surface area (Å²) >= 11 is 15.4. The van der Waals surface area contributed by atoms with E-state index < -0.39 is 11.9 Å². The quantitative estimate of drug-likeness (QED) is 0.490. The Morgan fingerprint density at radius 2 is 1.93 bits per heavy atom. The second kappa shape index (κ2) is 9.44. The number of aliphatic carboxylic acids is 1. The van der Waals surface area contributed by atoms with E-state index in [4.69, 9.17) is 27.9 Å². The van der Waals surface area contributed by atoms with Gasteiger partial charge in [0.2, 0.25) is 5.91 Å². The molecule has 27 heavy (non-hydrogen) atoms. The molecule has 0 aliphatic rings. The van der Waals surface area contributed by atoms with Crippen LogP contribution in [0, 0.1) is 5.92 Å². The smallest absolute Gasteiger partial charge is 0.312 e. The number of benzene rings is 2. The van der Waals surface area contributed by atoms with E-state index in [2.05, 4.69) is 21.2 Å². The Bertz CT molecular complexity index is 858. The van der Waals surface area contributed by atoms with E-state index in [1.165, 1.54) is 6.07 Å². The first-order valence-corrected chi connectivity index (χ1v) is 9.80. The number of alkyl halides is 1. The van der Waals surface area contributed by atoms with E-state index in [1.807, 2.05) is 13.8 Å². The minimum Gasteiger partial charge on any atom is -0.481 e. The average Bonchev–Trinajstić information content (AvgIpc) is 2.59. The molecule has 0 fully saturated rings. The fourth-order valence-electron chi connectivity index (χ4n) is 2.18. The van der Waals surface area contributed by atoms with Crippen LogP contribution in [0.4, 0.5) is 5.69 Å². The fourth-order valence-corrected chi connectivity index (χ4v) is 3.17. The van der Waals surface area contributed by atoms with Gasteiger partial charge >= 0.3 is 5.97 Å². The van der Waals surface area contributed by atoms with Crippen molar-refractivity contribution < 1.29 is 19.4 Å². The van der Waals surface area contributed by atoms with Crippen LogP contribution in [0.25, 0.3) is 0 Å². The predicted octanol–water partition coefficient (Wildman–Crippen LogP) is 5.90. The Labute approximate surface area is 175 Å². The molecule has 0 radical (unpaired) electrons. The Balaban J connectivity index is 2.18. The predicted molar refractivity (Wildman–Crippen MR) is 110 cm³/mol. The first-order valence-electron chi connectivity index (χ1n) is 8.09. The second-order valence-electron chi connectivity index (χ2n) is 6.12. The normalized spacial score (nSPS) is 11.9. The average molecular weight is 475 g/mol. The number of hydrogen-bond donors (Lipinski definition) is 2. The van der Waals surface area contributed by atoms with E-state index in [1.54, 1.807) is 30.3 Å². The molecule has 5 nitrogen and oxygen atoms in total. The van der Waals surface area contributed by atoms with Gasteiger partial charge in [0.1, 0.15) is 11.5 Å². The lowest BCUT2D eigenvalue weighted by atomic mass is 10.0. The SMILES string of the molecule is CC(C)C(=O)Nc1ccc(Oc2ccc(C(CCl)C(=O)O)cc2Cl)cc1Br. The zero-order valence-corrected chi connectivity index (χ0v) is 17.7. The van der Waals surface area contributed by atoms with Gasteiger partial charge in [-0.15, -0.1) is 11.6 Å². The van der Waals surface area contributed by atoms with Crippen molar-refractivity contribution in [3.05, 3.63) is 51.5 Å². The first-order chi connectivity index (χ1) is 12.7. The monoisotopic (exact) mass is 473 g/mol.